The average Bonchev–Trinajstić information content (AvgIpc) is 2.09. The molecule has 0 heterocycles. The molecule has 14 heavy (non-hydrogen) atoms. The van der Waals surface area contributed by atoms with Crippen molar-refractivity contribution in [2.24, 2.45) is 0 Å². The van der Waals surface area contributed by atoms with Crippen molar-refractivity contribution in [1.82, 2.24) is 0 Å². The molecular formula is C9H19NaO2S2. The van der Waals surface area contributed by atoms with Crippen molar-refractivity contribution < 1.29 is 40.5 Å². The van der Waals surface area contributed by atoms with Crippen molar-refractivity contribution in [3.63, 3.8) is 0 Å². The van der Waals surface area contributed by atoms with E-state index in [0.717, 1.165) is 13.0 Å². The van der Waals surface area contributed by atoms with Crippen molar-refractivity contribution in [3.8, 4) is 0 Å². The SMILES string of the molecule is CCCCCCOCCOC(=S)S.[H-].[Na+]. The van der Waals surface area contributed by atoms with Crippen LogP contribution in [-0.2, 0) is 9.47 Å². The molecule has 0 spiro atoms. The van der Waals surface area contributed by atoms with E-state index in [9.17, 15) is 0 Å². The van der Waals surface area contributed by atoms with Gasteiger partial charge >= 0.3 is 29.6 Å². The minimum Gasteiger partial charge on any atom is -1.00 e. The molecule has 0 bridgehead atoms. The summed E-state index contributed by atoms with van der Waals surface area (Å²) < 4.78 is 10.5. The van der Waals surface area contributed by atoms with Crippen LogP contribution in [0.1, 0.15) is 34.0 Å². The van der Waals surface area contributed by atoms with Gasteiger partial charge in [0, 0.05) is 6.61 Å². The number of thiol groups is 1. The standard InChI is InChI=1S/C9H18O2S2.Na.H/c1-2-3-4-5-6-10-7-8-11-9(12)13;;/h2-8H2,1H3,(H,12,13);;/q;+1;-1. The smallest absolute Gasteiger partial charge is 1.00 e. The molecular weight excluding hydrogens is 227 g/mol. The van der Waals surface area contributed by atoms with Gasteiger partial charge in [-0.25, -0.2) is 0 Å². The zero-order valence-electron chi connectivity index (χ0n) is 10.1. The number of thiocarbonyl (C=S) groups is 1. The first-order valence-electron chi connectivity index (χ1n) is 4.70. The van der Waals surface area contributed by atoms with Gasteiger partial charge in [0.2, 0.25) is 4.38 Å². The zero-order valence-corrected chi connectivity index (χ0v) is 12.8. The summed E-state index contributed by atoms with van der Waals surface area (Å²) in [5, 5.41) is 0. The summed E-state index contributed by atoms with van der Waals surface area (Å²) in [6.07, 6.45) is 4.94. The Balaban J connectivity index is -0.000000720. The number of rotatable bonds is 8. The second-order valence-electron chi connectivity index (χ2n) is 2.79. The largest absolute Gasteiger partial charge is 1.00 e. The summed E-state index contributed by atoms with van der Waals surface area (Å²) in [7, 11) is 0. The van der Waals surface area contributed by atoms with Crippen LogP contribution in [0.3, 0.4) is 0 Å². The molecule has 0 aromatic heterocycles. The quantitative estimate of drug-likeness (QED) is 0.280. The number of ether oxygens (including phenoxy) is 2. The van der Waals surface area contributed by atoms with E-state index in [4.69, 9.17) is 9.47 Å². The van der Waals surface area contributed by atoms with Gasteiger partial charge in [-0.05, 0) is 18.6 Å². The Labute approximate surface area is 121 Å². The molecule has 5 heteroatoms. The molecule has 2 nitrogen and oxygen atoms in total. The minimum absolute atomic E-state index is 0. The van der Waals surface area contributed by atoms with Crippen molar-refractivity contribution in [3.05, 3.63) is 0 Å². The van der Waals surface area contributed by atoms with Gasteiger partial charge in [0.25, 0.3) is 0 Å². The first-order valence-corrected chi connectivity index (χ1v) is 5.56. The molecule has 0 aliphatic rings. The van der Waals surface area contributed by atoms with E-state index < -0.39 is 0 Å². The Morgan fingerprint density at radius 3 is 2.50 bits per heavy atom. The van der Waals surface area contributed by atoms with E-state index in [2.05, 4.69) is 31.8 Å². The summed E-state index contributed by atoms with van der Waals surface area (Å²) in [4.78, 5) is 0. The fraction of sp³-hybridized carbons (Fsp3) is 0.889. The van der Waals surface area contributed by atoms with Crippen LogP contribution in [0.2, 0.25) is 0 Å². The molecule has 0 radical (unpaired) electrons. The fourth-order valence-corrected chi connectivity index (χ4v) is 1.10. The van der Waals surface area contributed by atoms with E-state index in [1.54, 1.807) is 0 Å². The molecule has 0 aromatic rings. The van der Waals surface area contributed by atoms with Gasteiger partial charge in [-0.2, -0.15) is 0 Å². The Morgan fingerprint density at radius 1 is 1.21 bits per heavy atom. The van der Waals surface area contributed by atoms with Gasteiger partial charge in [-0.3, -0.25) is 0 Å². The van der Waals surface area contributed by atoms with Gasteiger partial charge in [0.15, 0.2) is 0 Å². The fourth-order valence-electron chi connectivity index (χ4n) is 0.921. The van der Waals surface area contributed by atoms with Crippen LogP contribution in [0.4, 0.5) is 0 Å². The Hall–Kier alpha value is 1.20. The second kappa shape index (κ2) is 14.2. The molecule has 0 aromatic carbocycles. The third-order valence-corrected chi connectivity index (χ3v) is 1.84. The predicted octanol–water partition coefficient (Wildman–Crippen LogP) is -0.0689. The summed E-state index contributed by atoms with van der Waals surface area (Å²) in [5.74, 6) is 0. The molecule has 0 saturated heterocycles. The van der Waals surface area contributed by atoms with E-state index >= 15 is 0 Å². The summed E-state index contributed by atoms with van der Waals surface area (Å²) in [6, 6.07) is 0. The molecule has 0 saturated carbocycles. The first-order chi connectivity index (χ1) is 6.27. The zero-order chi connectivity index (χ0) is 9.94. The van der Waals surface area contributed by atoms with E-state index in [1.165, 1.54) is 19.3 Å². The van der Waals surface area contributed by atoms with E-state index in [-0.39, 0.29) is 35.4 Å². The molecule has 0 unspecified atom stereocenters. The van der Waals surface area contributed by atoms with Crippen molar-refractivity contribution >= 4 is 29.2 Å². The minimum atomic E-state index is 0. The summed E-state index contributed by atoms with van der Waals surface area (Å²) >= 11 is 8.44. The Kier molecular flexibility index (Phi) is 17.8. The molecule has 0 amide bonds. The van der Waals surface area contributed by atoms with Crippen LogP contribution in [0.15, 0.2) is 0 Å². The van der Waals surface area contributed by atoms with Crippen LogP contribution in [0.5, 0.6) is 0 Å². The Bertz CT molecular complexity index is 139. The average molecular weight is 246 g/mol. The third kappa shape index (κ3) is 15.7. The molecule has 0 atom stereocenters. The van der Waals surface area contributed by atoms with Gasteiger partial charge in [0.05, 0.1) is 6.61 Å². The normalized spacial score (nSPS) is 9.29. The van der Waals surface area contributed by atoms with Crippen LogP contribution in [0.25, 0.3) is 0 Å². The number of hydrogen-bond donors (Lipinski definition) is 1. The van der Waals surface area contributed by atoms with E-state index in [0.29, 0.717) is 13.2 Å². The molecule has 0 aliphatic heterocycles. The maximum atomic E-state index is 5.31. The maximum absolute atomic E-state index is 5.31. The molecule has 0 aliphatic carbocycles. The molecule has 0 N–H and O–H groups in total. The van der Waals surface area contributed by atoms with Crippen molar-refractivity contribution in [2.45, 2.75) is 32.6 Å². The number of unbranched alkanes of at least 4 members (excludes halogenated alkanes) is 3. The van der Waals surface area contributed by atoms with Crippen LogP contribution in [-0.4, -0.2) is 24.2 Å². The van der Waals surface area contributed by atoms with Crippen molar-refractivity contribution in [2.75, 3.05) is 19.8 Å². The third-order valence-electron chi connectivity index (χ3n) is 1.60. The van der Waals surface area contributed by atoms with E-state index in [1.807, 2.05) is 0 Å². The first kappa shape index (κ1) is 17.6. The summed E-state index contributed by atoms with van der Waals surface area (Å²) in [6.45, 7) is 4.13. The second-order valence-corrected chi connectivity index (χ2v) is 3.87. The molecule has 0 rings (SSSR count). The van der Waals surface area contributed by atoms with Gasteiger partial charge in [-0.15, -0.1) is 0 Å². The van der Waals surface area contributed by atoms with Gasteiger partial charge < -0.3 is 10.9 Å². The van der Waals surface area contributed by atoms with Gasteiger partial charge in [0.1, 0.15) is 6.61 Å². The predicted molar refractivity (Wildman–Crippen MR) is 63.6 cm³/mol. The van der Waals surface area contributed by atoms with Gasteiger partial charge in [-0.1, -0.05) is 38.8 Å². The number of hydrogen-bond acceptors (Lipinski definition) is 3. The maximum Gasteiger partial charge on any atom is 1.00 e. The van der Waals surface area contributed by atoms with Crippen LogP contribution < -0.4 is 29.6 Å². The topological polar surface area (TPSA) is 18.5 Å². The van der Waals surface area contributed by atoms with Crippen molar-refractivity contribution in [1.29, 1.82) is 0 Å². The molecule has 80 valence electrons. The summed E-state index contributed by atoms with van der Waals surface area (Å²) in [5.41, 5.74) is 0. The molecule has 0 fully saturated rings. The monoisotopic (exact) mass is 246 g/mol. The van der Waals surface area contributed by atoms with Crippen LogP contribution in [0, 0.1) is 0 Å². The van der Waals surface area contributed by atoms with Crippen LogP contribution >= 0.6 is 24.8 Å². The Morgan fingerprint density at radius 2 is 1.93 bits per heavy atom.